The van der Waals surface area contributed by atoms with Gasteiger partial charge in [-0.2, -0.15) is 21.6 Å². The minimum atomic E-state index is -4.53. The SMILES string of the molecule is CS(=O)(=O)OCC1CCn2c(nnc2C(F)(F)F)C1. The summed E-state index contributed by atoms with van der Waals surface area (Å²) < 4.78 is 65.1. The third kappa shape index (κ3) is 3.44. The van der Waals surface area contributed by atoms with Crippen molar-refractivity contribution in [2.75, 3.05) is 12.9 Å². The van der Waals surface area contributed by atoms with Gasteiger partial charge < -0.3 is 4.57 Å². The predicted octanol–water partition coefficient (Wildman–Crippen LogP) is 0.835. The van der Waals surface area contributed by atoms with E-state index in [9.17, 15) is 21.6 Å². The summed E-state index contributed by atoms with van der Waals surface area (Å²) in [6.07, 6.45) is -2.98. The van der Waals surface area contributed by atoms with E-state index in [0.29, 0.717) is 6.42 Å². The monoisotopic (exact) mass is 299 g/mol. The van der Waals surface area contributed by atoms with Crippen LogP contribution < -0.4 is 0 Å². The van der Waals surface area contributed by atoms with E-state index in [1.54, 1.807) is 0 Å². The van der Waals surface area contributed by atoms with Gasteiger partial charge in [0, 0.05) is 13.0 Å². The van der Waals surface area contributed by atoms with Crippen molar-refractivity contribution in [1.82, 2.24) is 14.8 Å². The minimum Gasteiger partial charge on any atom is -0.307 e. The molecule has 1 atom stereocenters. The maximum absolute atomic E-state index is 12.6. The quantitative estimate of drug-likeness (QED) is 0.773. The Morgan fingerprint density at radius 3 is 2.68 bits per heavy atom. The average Bonchev–Trinajstić information content (AvgIpc) is 2.67. The molecule has 0 fully saturated rings. The van der Waals surface area contributed by atoms with Crippen LogP contribution in [0.1, 0.15) is 18.1 Å². The first-order valence-electron chi connectivity index (χ1n) is 5.50. The van der Waals surface area contributed by atoms with E-state index in [2.05, 4.69) is 14.4 Å². The molecule has 2 heterocycles. The summed E-state index contributed by atoms with van der Waals surface area (Å²) in [6.45, 7) is 0.0575. The molecule has 0 aromatic carbocycles. The molecular formula is C9H12F3N3O3S. The fourth-order valence-corrected chi connectivity index (χ4v) is 2.40. The Hall–Kier alpha value is -1.16. The first-order valence-corrected chi connectivity index (χ1v) is 7.32. The van der Waals surface area contributed by atoms with E-state index in [1.165, 1.54) is 0 Å². The van der Waals surface area contributed by atoms with Gasteiger partial charge in [-0.15, -0.1) is 10.2 Å². The number of fused-ring (bicyclic) bond motifs is 1. The fourth-order valence-electron chi connectivity index (χ4n) is 1.97. The van der Waals surface area contributed by atoms with E-state index < -0.39 is 22.1 Å². The summed E-state index contributed by atoms with van der Waals surface area (Å²) in [5.41, 5.74) is 0. The molecule has 0 saturated carbocycles. The van der Waals surface area contributed by atoms with Gasteiger partial charge in [0.2, 0.25) is 5.82 Å². The Kier molecular flexibility index (Phi) is 3.56. The molecule has 1 aliphatic rings. The van der Waals surface area contributed by atoms with E-state index in [4.69, 9.17) is 0 Å². The molecular weight excluding hydrogens is 287 g/mol. The van der Waals surface area contributed by atoms with Gasteiger partial charge in [0.05, 0.1) is 12.9 Å². The standard InChI is InChI=1S/C9H12F3N3O3S/c1-19(16,17)18-5-6-2-3-15-7(4-6)13-14-8(15)9(10,11)12/h6H,2-5H2,1H3. The maximum Gasteiger partial charge on any atom is 0.451 e. The molecule has 1 aliphatic heterocycles. The lowest BCUT2D eigenvalue weighted by Gasteiger charge is -2.23. The largest absolute Gasteiger partial charge is 0.451 e. The van der Waals surface area contributed by atoms with Crippen molar-refractivity contribution in [3.8, 4) is 0 Å². The van der Waals surface area contributed by atoms with Crippen LogP contribution in [0.4, 0.5) is 13.2 Å². The molecule has 1 unspecified atom stereocenters. The number of aromatic nitrogens is 3. The van der Waals surface area contributed by atoms with Gasteiger partial charge in [-0.1, -0.05) is 0 Å². The highest BCUT2D eigenvalue weighted by Gasteiger charge is 2.39. The Balaban J connectivity index is 2.08. The lowest BCUT2D eigenvalue weighted by atomic mass is 9.99. The molecule has 0 saturated heterocycles. The molecule has 0 amide bonds. The van der Waals surface area contributed by atoms with Gasteiger partial charge >= 0.3 is 6.18 Å². The zero-order valence-corrected chi connectivity index (χ0v) is 10.8. The van der Waals surface area contributed by atoms with Gasteiger partial charge in [0.15, 0.2) is 0 Å². The second-order valence-electron chi connectivity index (χ2n) is 4.44. The van der Waals surface area contributed by atoms with Gasteiger partial charge in [-0.25, -0.2) is 0 Å². The van der Waals surface area contributed by atoms with Crippen LogP contribution in [0.15, 0.2) is 0 Å². The zero-order chi connectivity index (χ0) is 14.3. The number of hydrogen-bond acceptors (Lipinski definition) is 5. The predicted molar refractivity (Wildman–Crippen MR) is 57.6 cm³/mol. The fraction of sp³-hybridized carbons (Fsp3) is 0.778. The summed E-state index contributed by atoms with van der Waals surface area (Å²) in [7, 11) is -3.54. The summed E-state index contributed by atoms with van der Waals surface area (Å²) in [5.74, 6) is -0.974. The number of alkyl halides is 3. The van der Waals surface area contributed by atoms with Crippen LogP contribution in [0.25, 0.3) is 0 Å². The normalized spacial score (nSPS) is 20.3. The van der Waals surface area contributed by atoms with Gasteiger partial charge in [0.1, 0.15) is 5.82 Å². The summed E-state index contributed by atoms with van der Waals surface area (Å²) in [5, 5.41) is 6.65. The number of halogens is 3. The molecule has 10 heteroatoms. The molecule has 1 aromatic heterocycles. The minimum absolute atomic E-state index is 0.0486. The number of rotatable bonds is 3. The van der Waals surface area contributed by atoms with E-state index in [0.717, 1.165) is 10.8 Å². The Bertz CT molecular complexity index is 567. The molecule has 2 rings (SSSR count). The Labute approximate surface area is 107 Å². The Morgan fingerprint density at radius 2 is 2.11 bits per heavy atom. The van der Waals surface area contributed by atoms with Gasteiger partial charge in [-0.05, 0) is 12.3 Å². The van der Waals surface area contributed by atoms with Crippen molar-refractivity contribution in [3.05, 3.63) is 11.6 Å². The molecule has 0 aliphatic carbocycles. The van der Waals surface area contributed by atoms with Crippen molar-refractivity contribution in [3.63, 3.8) is 0 Å². The first kappa shape index (κ1) is 14.3. The third-order valence-corrected chi connectivity index (χ3v) is 3.40. The molecule has 1 aromatic rings. The van der Waals surface area contributed by atoms with Gasteiger partial charge in [-0.3, -0.25) is 4.18 Å². The smallest absolute Gasteiger partial charge is 0.307 e. The topological polar surface area (TPSA) is 74.1 Å². The first-order chi connectivity index (χ1) is 8.67. The van der Waals surface area contributed by atoms with Crippen LogP contribution in [-0.4, -0.2) is 36.0 Å². The highest BCUT2D eigenvalue weighted by molar-refractivity contribution is 7.85. The van der Waals surface area contributed by atoms with Crippen molar-refractivity contribution in [1.29, 1.82) is 0 Å². The van der Waals surface area contributed by atoms with E-state index >= 15 is 0 Å². The third-order valence-electron chi connectivity index (χ3n) is 2.83. The lowest BCUT2D eigenvalue weighted by Crippen LogP contribution is -2.27. The van der Waals surface area contributed by atoms with Crippen LogP contribution in [0, 0.1) is 5.92 Å². The summed E-state index contributed by atoms with van der Waals surface area (Å²) >= 11 is 0. The van der Waals surface area contributed by atoms with Crippen molar-refractivity contribution < 1.29 is 25.8 Å². The molecule has 19 heavy (non-hydrogen) atoms. The molecule has 0 bridgehead atoms. The van der Waals surface area contributed by atoms with Crippen molar-refractivity contribution in [2.24, 2.45) is 5.92 Å². The highest BCUT2D eigenvalue weighted by atomic mass is 32.2. The second-order valence-corrected chi connectivity index (χ2v) is 6.08. The van der Waals surface area contributed by atoms with E-state index in [1.807, 2.05) is 0 Å². The molecule has 6 nitrogen and oxygen atoms in total. The van der Waals surface area contributed by atoms with Gasteiger partial charge in [0.25, 0.3) is 10.1 Å². The Morgan fingerprint density at radius 1 is 1.42 bits per heavy atom. The number of hydrogen-bond donors (Lipinski definition) is 0. The molecule has 0 radical (unpaired) electrons. The van der Waals surface area contributed by atoms with Crippen molar-refractivity contribution >= 4 is 10.1 Å². The highest BCUT2D eigenvalue weighted by Crippen LogP contribution is 2.31. The average molecular weight is 299 g/mol. The molecule has 0 spiro atoms. The van der Waals surface area contributed by atoms with Crippen LogP contribution in [0.2, 0.25) is 0 Å². The van der Waals surface area contributed by atoms with Crippen LogP contribution in [-0.2, 0) is 33.4 Å². The summed E-state index contributed by atoms with van der Waals surface area (Å²) in [6, 6.07) is 0. The number of nitrogens with zero attached hydrogens (tertiary/aromatic N) is 3. The summed E-state index contributed by atoms with van der Waals surface area (Å²) in [4.78, 5) is 0. The zero-order valence-electron chi connectivity index (χ0n) is 10.0. The maximum atomic E-state index is 12.6. The lowest BCUT2D eigenvalue weighted by molar-refractivity contribution is -0.147. The molecule has 0 N–H and O–H groups in total. The van der Waals surface area contributed by atoms with Crippen LogP contribution in [0.5, 0.6) is 0 Å². The van der Waals surface area contributed by atoms with Crippen LogP contribution in [0.3, 0.4) is 0 Å². The second kappa shape index (κ2) is 4.75. The van der Waals surface area contributed by atoms with Crippen LogP contribution >= 0.6 is 0 Å². The molecule has 108 valence electrons. The van der Waals surface area contributed by atoms with E-state index in [-0.39, 0.29) is 31.3 Å². The van der Waals surface area contributed by atoms with Crippen molar-refractivity contribution in [2.45, 2.75) is 25.6 Å².